The highest BCUT2D eigenvalue weighted by atomic mass is 35.5. The van der Waals surface area contributed by atoms with Crippen LogP contribution < -0.4 is 5.32 Å². The van der Waals surface area contributed by atoms with E-state index in [0.717, 1.165) is 10.9 Å². The molecule has 0 bridgehead atoms. The van der Waals surface area contributed by atoms with Gasteiger partial charge in [-0.25, -0.2) is 4.39 Å². The summed E-state index contributed by atoms with van der Waals surface area (Å²) >= 11 is 6.14. The number of amides is 1. The molecule has 0 spiro atoms. The van der Waals surface area contributed by atoms with Gasteiger partial charge in [-0.3, -0.25) is 4.79 Å². The van der Waals surface area contributed by atoms with E-state index in [9.17, 15) is 9.18 Å². The fraction of sp³-hybridized carbons (Fsp3) is 0.0952. The van der Waals surface area contributed by atoms with Gasteiger partial charge in [0, 0.05) is 27.9 Å². The van der Waals surface area contributed by atoms with Gasteiger partial charge in [0.1, 0.15) is 11.6 Å². The van der Waals surface area contributed by atoms with E-state index in [1.165, 1.54) is 6.07 Å². The van der Waals surface area contributed by atoms with E-state index in [0.29, 0.717) is 28.5 Å². The molecule has 0 aliphatic heterocycles. The Morgan fingerprint density at radius 1 is 1.15 bits per heavy atom. The molecule has 136 valence electrons. The maximum Gasteiger partial charge on any atom is 0.251 e. The quantitative estimate of drug-likeness (QED) is 0.527. The summed E-state index contributed by atoms with van der Waals surface area (Å²) in [4.78, 5) is 12.4. The molecule has 0 unspecified atom stereocenters. The lowest BCUT2D eigenvalue weighted by Crippen LogP contribution is -2.22. The van der Waals surface area contributed by atoms with Gasteiger partial charge in [-0.2, -0.15) is 0 Å². The zero-order valence-corrected chi connectivity index (χ0v) is 15.0. The van der Waals surface area contributed by atoms with Crippen LogP contribution in [0.5, 0.6) is 0 Å². The first-order valence-electron chi connectivity index (χ1n) is 8.44. The van der Waals surface area contributed by atoms with Crippen LogP contribution >= 0.6 is 11.6 Å². The van der Waals surface area contributed by atoms with Gasteiger partial charge in [0.25, 0.3) is 5.91 Å². The molecule has 2 aromatic carbocycles. The van der Waals surface area contributed by atoms with Crippen molar-refractivity contribution in [3.63, 3.8) is 0 Å². The first-order valence-corrected chi connectivity index (χ1v) is 8.82. The number of furan rings is 1. The minimum absolute atomic E-state index is 0.204. The van der Waals surface area contributed by atoms with Crippen LogP contribution in [0.3, 0.4) is 0 Å². The van der Waals surface area contributed by atoms with Crippen molar-refractivity contribution in [1.29, 1.82) is 0 Å². The van der Waals surface area contributed by atoms with Gasteiger partial charge in [-0.1, -0.05) is 23.7 Å². The highest BCUT2D eigenvalue weighted by Crippen LogP contribution is 2.24. The average Bonchev–Trinajstić information content (AvgIpc) is 3.32. The number of benzene rings is 2. The maximum absolute atomic E-state index is 14.1. The lowest BCUT2D eigenvalue weighted by atomic mass is 10.1. The predicted octanol–water partition coefficient (Wildman–Crippen LogP) is 5.01. The smallest absolute Gasteiger partial charge is 0.251 e. The van der Waals surface area contributed by atoms with Crippen LogP contribution in [-0.4, -0.2) is 10.5 Å². The molecule has 4 nitrogen and oxygen atoms in total. The lowest BCUT2D eigenvalue weighted by Gasteiger charge is -2.10. The van der Waals surface area contributed by atoms with Crippen molar-refractivity contribution in [2.24, 2.45) is 0 Å². The van der Waals surface area contributed by atoms with E-state index in [4.69, 9.17) is 16.0 Å². The molecule has 0 saturated carbocycles. The summed E-state index contributed by atoms with van der Waals surface area (Å²) in [5, 5.41) is 4.16. The van der Waals surface area contributed by atoms with E-state index < -0.39 is 0 Å². The Labute approximate surface area is 160 Å². The van der Waals surface area contributed by atoms with Crippen LogP contribution in [0, 0.1) is 5.82 Å². The summed E-state index contributed by atoms with van der Waals surface area (Å²) in [5.74, 6) is 0.128. The van der Waals surface area contributed by atoms with Gasteiger partial charge in [0.2, 0.25) is 0 Å². The molecule has 0 radical (unpaired) electrons. The van der Waals surface area contributed by atoms with E-state index in [2.05, 4.69) is 5.32 Å². The highest BCUT2D eigenvalue weighted by Gasteiger charge is 2.12. The van der Waals surface area contributed by atoms with Crippen LogP contribution in [0.2, 0.25) is 5.02 Å². The molecule has 27 heavy (non-hydrogen) atoms. The molecule has 0 saturated heterocycles. The molecule has 4 rings (SSSR count). The number of nitrogens with one attached hydrogen (secondary N) is 1. The molecule has 0 fully saturated rings. The number of hydrogen-bond donors (Lipinski definition) is 1. The third-order valence-corrected chi connectivity index (χ3v) is 4.78. The molecular weight excluding hydrogens is 367 g/mol. The maximum atomic E-state index is 14.1. The number of nitrogens with zero attached hydrogens (tertiary/aromatic N) is 1. The Bertz CT molecular complexity index is 1080. The molecule has 1 amide bonds. The molecule has 1 N–H and O–H groups in total. The number of fused-ring (bicyclic) bond motifs is 1. The molecule has 6 heteroatoms. The average molecular weight is 383 g/mol. The Kier molecular flexibility index (Phi) is 4.69. The summed E-state index contributed by atoms with van der Waals surface area (Å²) in [7, 11) is 0. The number of carbonyl (C=O) groups is 1. The molecule has 2 heterocycles. The lowest BCUT2D eigenvalue weighted by molar-refractivity contribution is 0.0948. The van der Waals surface area contributed by atoms with Crippen molar-refractivity contribution in [2.45, 2.75) is 13.1 Å². The molecular formula is C21H16ClFN2O2. The molecule has 2 aromatic heterocycles. The van der Waals surface area contributed by atoms with Gasteiger partial charge in [0.05, 0.1) is 19.4 Å². The van der Waals surface area contributed by atoms with E-state index in [-0.39, 0.29) is 18.3 Å². The zero-order chi connectivity index (χ0) is 18.8. The second-order valence-corrected chi connectivity index (χ2v) is 6.59. The molecule has 0 atom stereocenters. The summed E-state index contributed by atoms with van der Waals surface area (Å²) in [6, 6.07) is 15.6. The monoisotopic (exact) mass is 382 g/mol. The first-order chi connectivity index (χ1) is 13.1. The van der Waals surface area contributed by atoms with Gasteiger partial charge in [0.15, 0.2) is 0 Å². The minimum Gasteiger partial charge on any atom is -0.467 e. The molecule has 0 aliphatic carbocycles. The minimum atomic E-state index is -0.350. The van der Waals surface area contributed by atoms with Crippen LogP contribution in [0.4, 0.5) is 4.39 Å². The number of carbonyl (C=O) groups excluding carboxylic acids is 1. The zero-order valence-electron chi connectivity index (χ0n) is 14.3. The van der Waals surface area contributed by atoms with Crippen LogP contribution in [-0.2, 0) is 13.1 Å². The van der Waals surface area contributed by atoms with Gasteiger partial charge in [-0.15, -0.1) is 0 Å². The van der Waals surface area contributed by atoms with Crippen molar-refractivity contribution >= 4 is 28.4 Å². The van der Waals surface area contributed by atoms with Crippen molar-refractivity contribution in [3.8, 4) is 0 Å². The number of rotatable bonds is 5. The Morgan fingerprint density at radius 3 is 2.81 bits per heavy atom. The van der Waals surface area contributed by atoms with Crippen molar-refractivity contribution in [2.75, 3.05) is 0 Å². The fourth-order valence-electron chi connectivity index (χ4n) is 3.00. The van der Waals surface area contributed by atoms with Crippen molar-refractivity contribution in [1.82, 2.24) is 9.88 Å². The Balaban J connectivity index is 1.60. The topological polar surface area (TPSA) is 47.2 Å². The second-order valence-electron chi connectivity index (χ2n) is 6.18. The standard InChI is InChI=1S/C21H16ClFN2O2/c22-18-4-1-5-19(23)17(18)13-25-9-8-14-6-7-15(11-20(14)25)21(26)24-12-16-3-2-10-27-16/h1-11H,12-13H2,(H,24,26). The number of halogens is 2. The highest BCUT2D eigenvalue weighted by molar-refractivity contribution is 6.31. The first kappa shape index (κ1) is 17.4. The van der Waals surface area contributed by atoms with E-state index >= 15 is 0 Å². The summed E-state index contributed by atoms with van der Waals surface area (Å²) in [6.45, 7) is 0.599. The normalized spacial score (nSPS) is 11.0. The summed E-state index contributed by atoms with van der Waals surface area (Å²) < 4.78 is 21.2. The second kappa shape index (κ2) is 7.29. The largest absolute Gasteiger partial charge is 0.467 e. The summed E-state index contributed by atoms with van der Waals surface area (Å²) in [5.41, 5.74) is 1.78. The van der Waals surface area contributed by atoms with Crippen LogP contribution in [0.25, 0.3) is 10.9 Å². The van der Waals surface area contributed by atoms with Gasteiger partial charge in [-0.05, 0) is 47.9 Å². The predicted molar refractivity (Wildman–Crippen MR) is 102 cm³/mol. The van der Waals surface area contributed by atoms with E-state index in [1.54, 1.807) is 42.7 Å². The van der Waals surface area contributed by atoms with Crippen molar-refractivity contribution in [3.05, 3.63) is 94.8 Å². The third-order valence-electron chi connectivity index (χ3n) is 4.43. The Hall–Kier alpha value is -3.05. The van der Waals surface area contributed by atoms with Crippen LogP contribution in [0.15, 0.2) is 71.5 Å². The van der Waals surface area contributed by atoms with Gasteiger partial charge >= 0.3 is 0 Å². The molecule has 4 aromatic rings. The number of aromatic nitrogens is 1. The van der Waals surface area contributed by atoms with Crippen LogP contribution in [0.1, 0.15) is 21.7 Å². The van der Waals surface area contributed by atoms with E-state index in [1.807, 2.05) is 22.9 Å². The summed E-state index contributed by atoms with van der Waals surface area (Å²) in [6.07, 6.45) is 3.42. The third kappa shape index (κ3) is 3.59. The van der Waals surface area contributed by atoms with Crippen molar-refractivity contribution < 1.29 is 13.6 Å². The van der Waals surface area contributed by atoms with Gasteiger partial charge < -0.3 is 14.3 Å². The Morgan fingerprint density at radius 2 is 2.04 bits per heavy atom. The fourth-order valence-corrected chi connectivity index (χ4v) is 3.22. The SMILES string of the molecule is O=C(NCc1ccco1)c1ccc2ccn(Cc3c(F)cccc3Cl)c2c1. The molecule has 0 aliphatic rings. The number of hydrogen-bond acceptors (Lipinski definition) is 2.